The van der Waals surface area contributed by atoms with Crippen molar-refractivity contribution in [3.8, 4) is 0 Å². The van der Waals surface area contributed by atoms with E-state index in [1.807, 2.05) is 18.0 Å². The van der Waals surface area contributed by atoms with Crippen LogP contribution in [0, 0.1) is 0 Å². The van der Waals surface area contributed by atoms with E-state index in [1.54, 1.807) is 0 Å². The van der Waals surface area contributed by atoms with Crippen LogP contribution in [0.5, 0.6) is 0 Å². The third-order valence-corrected chi connectivity index (χ3v) is 6.33. The van der Waals surface area contributed by atoms with Crippen molar-refractivity contribution >= 4 is 29.2 Å². The van der Waals surface area contributed by atoms with Crippen LogP contribution >= 0.6 is 0 Å². The van der Waals surface area contributed by atoms with Gasteiger partial charge in [-0.25, -0.2) is 9.78 Å². The standard InChI is InChI=1S/C24H26N4O/c1-3-27-21-7-5-4-6-20(21)25-22(27)13-10-18-8-11-19(12-9-18)24(14-15-24)28-17-16-26(2)23(28)29/h4-13H,3,14-17H2,1-2H3/b13-10+. The van der Waals surface area contributed by atoms with Gasteiger partial charge in [-0.1, -0.05) is 42.5 Å². The van der Waals surface area contributed by atoms with Gasteiger partial charge < -0.3 is 14.4 Å². The number of fused-ring (bicyclic) bond motifs is 1. The Morgan fingerprint density at radius 1 is 1.03 bits per heavy atom. The van der Waals surface area contributed by atoms with E-state index >= 15 is 0 Å². The van der Waals surface area contributed by atoms with Gasteiger partial charge in [0.2, 0.25) is 0 Å². The van der Waals surface area contributed by atoms with Gasteiger partial charge in [0.1, 0.15) is 5.82 Å². The Hall–Kier alpha value is -3.08. The van der Waals surface area contributed by atoms with Gasteiger partial charge >= 0.3 is 6.03 Å². The summed E-state index contributed by atoms with van der Waals surface area (Å²) in [6.07, 6.45) is 6.32. The number of benzene rings is 2. The van der Waals surface area contributed by atoms with E-state index in [2.05, 4.69) is 71.0 Å². The maximum Gasteiger partial charge on any atom is 0.320 e. The number of para-hydroxylation sites is 2. The molecule has 2 fully saturated rings. The summed E-state index contributed by atoms with van der Waals surface area (Å²) >= 11 is 0. The van der Waals surface area contributed by atoms with Gasteiger partial charge in [0.15, 0.2) is 0 Å². The molecule has 0 spiro atoms. The minimum absolute atomic E-state index is 0.0831. The lowest BCUT2D eigenvalue weighted by Crippen LogP contribution is -2.38. The van der Waals surface area contributed by atoms with Crippen molar-refractivity contribution < 1.29 is 4.79 Å². The molecular weight excluding hydrogens is 360 g/mol. The van der Waals surface area contributed by atoms with Crippen LogP contribution in [-0.2, 0) is 12.1 Å². The van der Waals surface area contributed by atoms with Crippen LogP contribution in [0.1, 0.15) is 36.7 Å². The van der Waals surface area contributed by atoms with Crippen LogP contribution < -0.4 is 0 Å². The Morgan fingerprint density at radius 3 is 2.45 bits per heavy atom. The minimum atomic E-state index is -0.0831. The molecule has 2 aliphatic rings. The number of aromatic nitrogens is 2. The molecule has 0 N–H and O–H groups in total. The van der Waals surface area contributed by atoms with Gasteiger partial charge in [0, 0.05) is 26.7 Å². The zero-order chi connectivity index (χ0) is 20.0. The Balaban J connectivity index is 1.38. The highest BCUT2D eigenvalue weighted by Gasteiger charge is 2.53. The molecule has 5 nitrogen and oxygen atoms in total. The zero-order valence-corrected chi connectivity index (χ0v) is 17.0. The van der Waals surface area contributed by atoms with Gasteiger partial charge in [-0.15, -0.1) is 0 Å². The van der Waals surface area contributed by atoms with Gasteiger partial charge in [0.05, 0.1) is 16.6 Å². The van der Waals surface area contributed by atoms with Gasteiger partial charge in [-0.2, -0.15) is 0 Å². The molecule has 5 heteroatoms. The maximum absolute atomic E-state index is 12.5. The SMILES string of the molecule is CCn1c(/C=C/c2ccc(C3(N4CCN(C)C4=O)CC3)cc2)nc2ccccc21. The van der Waals surface area contributed by atoms with E-state index in [-0.39, 0.29) is 11.6 Å². The summed E-state index contributed by atoms with van der Waals surface area (Å²) < 4.78 is 2.23. The first kappa shape index (κ1) is 18.0. The molecule has 1 saturated carbocycles. The largest absolute Gasteiger partial charge is 0.326 e. The fourth-order valence-corrected chi connectivity index (χ4v) is 4.51. The van der Waals surface area contributed by atoms with E-state index in [0.29, 0.717) is 0 Å². The summed E-state index contributed by atoms with van der Waals surface area (Å²) in [4.78, 5) is 21.1. The van der Waals surface area contributed by atoms with E-state index in [0.717, 1.165) is 49.4 Å². The summed E-state index contributed by atoms with van der Waals surface area (Å²) in [6.45, 7) is 4.68. The smallest absolute Gasteiger partial charge is 0.320 e. The number of hydrogen-bond acceptors (Lipinski definition) is 2. The van der Waals surface area contributed by atoms with Gasteiger partial charge in [0.25, 0.3) is 0 Å². The summed E-state index contributed by atoms with van der Waals surface area (Å²) in [5.74, 6) is 0.974. The molecule has 2 aromatic carbocycles. The van der Waals surface area contributed by atoms with Crippen LogP contribution in [-0.4, -0.2) is 45.5 Å². The third-order valence-electron chi connectivity index (χ3n) is 6.33. The van der Waals surface area contributed by atoms with Gasteiger partial charge in [-0.3, -0.25) is 0 Å². The third kappa shape index (κ3) is 2.92. The quantitative estimate of drug-likeness (QED) is 0.644. The molecule has 2 heterocycles. The second-order valence-electron chi connectivity index (χ2n) is 8.05. The number of carbonyl (C=O) groups excluding carboxylic acids is 1. The second-order valence-corrected chi connectivity index (χ2v) is 8.05. The monoisotopic (exact) mass is 386 g/mol. The number of nitrogens with zero attached hydrogens (tertiary/aromatic N) is 4. The van der Waals surface area contributed by atoms with Crippen molar-refractivity contribution in [1.82, 2.24) is 19.4 Å². The van der Waals surface area contributed by atoms with E-state index in [9.17, 15) is 4.79 Å². The maximum atomic E-state index is 12.5. The number of carbonyl (C=O) groups is 1. The molecule has 0 unspecified atom stereocenters. The van der Waals surface area contributed by atoms with Crippen molar-refractivity contribution in [2.24, 2.45) is 0 Å². The topological polar surface area (TPSA) is 41.4 Å². The molecule has 5 rings (SSSR count). The lowest BCUT2D eigenvalue weighted by molar-refractivity contribution is 0.176. The molecule has 0 bridgehead atoms. The van der Waals surface area contributed by atoms with Crippen LogP contribution in [0.2, 0.25) is 0 Å². The second kappa shape index (κ2) is 6.76. The average Bonchev–Trinajstić information content (AvgIpc) is 3.37. The Kier molecular flexibility index (Phi) is 4.19. The summed E-state index contributed by atoms with van der Waals surface area (Å²) in [5, 5.41) is 0. The number of imidazole rings is 1. The molecule has 29 heavy (non-hydrogen) atoms. The fraction of sp³-hybridized carbons (Fsp3) is 0.333. The number of rotatable bonds is 5. The highest BCUT2D eigenvalue weighted by atomic mass is 16.2. The normalized spacial score (nSPS) is 18.3. The number of likely N-dealkylation sites (N-methyl/N-ethyl adjacent to an activating group) is 1. The molecule has 1 aromatic heterocycles. The van der Waals surface area contributed by atoms with Crippen molar-refractivity contribution in [3.63, 3.8) is 0 Å². The predicted octanol–water partition coefficient (Wildman–Crippen LogP) is 4.58. The lowest BCUT2D eigenvalue weighted by atomic mass is 10.0. The van der Waals surface area contributed by atoms with Gasteiger partial charge in [-0.05, 0) is 49.1 Å². The molecule has 2 amide bonds. The van der Waals surface area contributed by atoms with E-state index in [4.69, 9.17) is 4.98 Å². The summed E-state index contributed by atoms with van der Waals surface area (Å²) in [6, 6.07) is 17.1. The molecule has 1 aliphatic carbocycles. The number of hydrogen-bond donors (Lipinski definition) is 0. The highest BCUT2D eigenvalue weighted by molar-refractivity contribution is 5.80. The molecular formula is C24H26N4O. The molecule has 0 atom stereocenters. The first-order valence-corrected chi connectivity index (χ1v) is 10.4. The minimum Gasteiger partial charge on any atom is -0.326 e. The molecule has 1 aliphatic heterocycles. The van der Waals surface area contributed by atoms with Crippen LogP contribution in [0.3, 0.4) is 0 Å². The van der Waals surface area contributed by atoms with Crippen LogP contribution in [0.4, 0.5) is 4.79 Å². The number of urea groups is 1. The zero-order valence-electron chi connectivity index (χ0n) is 17.0. The molecule has 3 aromatic rings. The first-order valence-electron chi connectivity index (χ1n) is 10.4. The summed E-state index contributed by atoms with van der Waals surface area (Å²) in [5.41, 5.74) is 4.50. The Bertz CT molecular complexity index is 1090. The van der Waals surface area contributed by atoms with E-state index < -0.39 is 0 Å². The van der Waals surface area contributed by atoms with Crippen LogP contribution in [0.25, 0.3) is 23.2 Å². The van der Waals surface area contributed by atoms with Crippen molar-refractivity contribution in [1.29, 1.82) is 0 Å². The van der Waals surface area contributed by atoms with E-state index in [1.165, 1.54) is 11.1 Å². The Morgan fingerprint density at radius 2 is 1.79 bits per heavy atom. The van der Waals surface area contributed by atoms with Crippen molar-refractivity contribution in [2.45, 2.75) is 31.8 Å². The lowest BCUT2D eigenvalue weighted by Gasteiger charge is -2.28. The summed E-state index contributed by atoms with van der Waals surface area (Å²) in [7, 11) is 1.88. The molecule has 1 saturated heterocycles. The number of aryl methyl sites for hydroxylation is 1. The fourth-order valence-electron chi connectivity index (χ4n) is 4.51. The molecule has 0 radical (unpaired) electrons. The molecule has 148 valence electrons. The first-order chi connectivity index (χ1) is 14.1. The van der Waals surface area contributed by atoms with Crippen LogP contribution in [0.15, 0.2) is 48.5 Å². The predicted molar refractivity (Wildman–Crippen MR) is 116 cm³/mol. The highest BCUT2D eigenvalue weighted by Crippen LogP contribution is 2.52. The van der Waals surface area contributed by atoms with Crippen molar-refractivity contribution in [2.75, 3.05) is 20.1 Å². The Labute approximate surface area is 171 Å². The average molecular weight is 386 g/mol. The number of amides is 2. The van der Waals surface area contributed by atoms with Crippen molar-refractivity contribution in [3.05, 3.63) is 65.5 Å².